The Morgan fingerprint density at radius 1 is 1.38 bits per heavy atom. The molecule has 1 heterocycles. The van der Waals surface area contributed by atoms with Crippen LogP contribution in [0.3, 0.4) is 0 Å². The van der Waals surface area contributed by atoms with Gasteiger partial charge in [0.1, 0.15) is 11.8 Å². The number of nitrogens with zero attached hydrogens (tertiary/aromatic N) is 4. The smallest absolute Gasteiger partial charge is 0.134 e. The van der Waals surface area contributed by atoms with E-state index in [2.05, 4.69) is 40.9 Å². The van der Waals surface area contributed by atoms with Crippen molar-refractivity contribution in [1.82, 2.24) is 9.80 Å². The molecular formula is C12H20N4. The quantitative estimate of drug-likeness (QED) is 0.660. The molecule has 1 unspecified atom stereocenters. The molecule has 0 N–H and O–H groups in total. The van der Waals surface area contributed by atoms with Gasteiger partial charge in [-0.05, 0) is 20.0 Å². The van der Waals surface area contributed by atoms with Gasteiger partial charge in [-0.1, -0.05) is 6.08 Å². The Labute approximate surface area is 97.9 Å². The van der Waals surface area contributed by atoms with E-state index in [0.29, 0.717) is 11.8 Å². The number of likely N-dealkylation sites (N-methyl/N-ethyl adjacent to an activating group) is 1. The number of aliphatic imine (C=N–C) groups is 1. The maximum atomic E-state index is 8.73. The summed E-state index contributed by atoms with van der Waals surface area (Å²) >= 11 is 0. The molecule has 0 spiro atoms. The van der Waals surface area contributed by atoms with Gasteiger partial charge in [-0.25, -0.2) is 0 Å². The fourth-order valence-corrected chi connectivity index (χ4v) is 1.74. The first-order valence-electron chi connectivity index (χ1n) is 5.65. The van der Waals surface area contributed by atoms with Crippen molar-refractivity contribution < 1.29 is 0 Å². The predicted octanol–water partition coefficient (Wildman–Crippen LogP) is 0.773. The monoisotopic (exact) mass is 220 g/mol. The number of rotatable bonds is 3. The molecule has 4 heteroatoms. The Balaban J connectivity index is 2.46. The fourth-order valence-electron chi connectivity index (χ4n) is 1.74. The second-order valence-corrected chi connectivity index (χ2v) is 4.16. The Bertz CT molecular complexity index is 305. The highest BCUT2D eigenvalue weighted by Crippen LogP contribution is 2.05. The van der Waals surface area contributed by atoms with E-state index < -0.39 is 0 Å². The highest BCUT2D eigenvalue weighted by Gasteiger charge is 2.16. The van der Waals surface area contributed by atoms with Crippen LogP contribution in [0.2, 0.25) is 0 Å². The van der Waals surface area contributed by atoms with Crippen molar-refractivity contribution in [3.8, 4) is 6.07 Å². The van der Waals surface area contributed by atoms with Crippen LogP contribution in [0.5, 0.6) is 0 Å². The standard InChI is InChI=1S/C12H20N4/c1-11(4-5-12(10-13)14-2)16-8-6-15(3)7-9-16/h4-5,11H,6-9H2,1-3H3/b5-4-,14-12?. The summed E-state index contributed by atoms with van der Waals surface area (Å²) in [6, 6.07) is 2.43. The van der Waals surface area contributed by atoms with Crippen LogP contribution in [0.15, 0.2) is 17.1 Å². The zero-order chi connectivity index (χ0) is 12.0. The molecule has 1 saturated heterocycles. The van der Waals surface area contributed by atoms with Gasteiger partial charge in [0.05, 0.1) is 0 Å². The largest absolute Gasteiger partial charge is 0.304 e. The molecule has 1 fully saturated rings. The minimum absolute atomic E-state index is 0.374. The number of piperazine rings is 1. The third-order valence-electron chi connectivity index (χ3n) is 3.00. The summed E-state index contributed by atoms with van der Waals surface area (Å²) in [5.74, 6) is 0. The molecule has 88 valence electrons. The van der Waals surface area contributed by atoms with Gasteiger partial charge in [-0.15, -0.1) is 0 Å². The summed E-state index contributed by atoms with van der Waals surface area (Å²) in [6.07, 6.45) is 3.86. The minimum atomic E-state index is 0.374. The van der Waals surface area contributed by atoms with Crippen molar-refractivity contribution >= 4 is 5.71 Å². The molecule has 16 heavy (non-hydrogen) atoms. The third kappa shape index (κ3) is 3.76. The van der Waals surface area contributed by atoms with E-state index in [-0.39, 0.29) is 0 Å². The number of nitriles is 1. The van der Waals surface area contributed by atoms with Crippen molar-refractivity contribution in [3.63, 3.8) is 0 Å². The maximum absolute atomic E-state index is 8.73. The molecule has 1 rings (SSSR count). The van der Waals surface area contributed by atoms with Crippen molar-refractivity contribution in [2.24, 2.45) is 4.99 Å². The van der Waals surface area contributed by atoms with Crippen LogP contribution in [-0.2, 0) is 0 Å². The lowest BCUT2D eigenvalue weighted by molar-refractivity contribution is 0.136. The minimum Gasteiger partial charge on any atom is -0.304 e. The third-order valence-corrected chi connectivity index (χ3v) is 3.00. The first-order chi connectivity index (χ1) is 7.67. The SMILES string of the molecule is CN=C(C#N)/C=C\C(C)N1CCN(C)CC1. The maximum Gasteiger partial charge on any atom is 0.134 e. The van der Waals surface area contributed by atoms with Crippen molar-refractivity contribution in [3.05, 3.63) is 12.2 Å². The molecule has 0 amide bonds. The highest BCUT2D eigenvalue weighted by molar-refractivity contribution is 6.07. The van der Waals surface area contributed by atoms with Crippen LogP contribution in [-0.4, -0.2) is 61.8 Å². The molecule has 0 aromatic carbocycles. The molecule has 0 aliphatic carbocycles. The average Bonchev–Trinajstić information content (AvgIpc) is 2.31. The Hall–Kier alpha value is -1.18. The lowest BCUT2D eigenvalue weighted by Gasteiger charge is -2.35. The van der Waals surface area contributed by atoms with Gasteiger partial charge in [0, 0.05) is 39.3 Å². The van der Waals surface area contributed by atoms with Gasteiger partial charge >= 0.3 is 0 Å². The summed E-state index contributed by atoms with van der Waals surface area (Å²) in [7, 11) is 3.79. The van der Waals surface area contributed by atoms with Crippen LogP contribution in [0.1, 0.15) is 6.92 Å². The first kappa shape index (κ1) is 12.9. The zero-order valence-corrected chi connectivity index (χ0v) is 10.3. The van der Waals surface area contributed by atoms with Crippen LogP contribution >= 0.6 is 0 Å². The number of hydrogen-bond acceptors (Lipinski definition) is 4. The number of hydrogen-bond donors (Lipinski definition) is 0. The lowest BCUT2D eigenvalue weighted by Crippen LogP contribution is -2.47. The van der Waals surface area contributed by atoms with Gasteiger partial charge in [0.2, 0.25) is 0 Å². The van der Waals surface area contributed by atoms with E-state index in [4.69, 9.17) is 5.26 Å². The molecule has 0 aromatic heterocycles. The van der Waals surface area contributed by atoms with Crippen LogP contribution in [0.25, 0.3) is 0 Å². The summed E-state index contributed by atoms with van der Waals surface area (Å²) in [4.78, 5) is 8.63. The fraction of sp³-hybridized carbons (Fsp3) is 0.667. The second-order valence-electron chi connectivity index (χ2n) is 4.16. The highest BCUT2D eigenvalue weighted by atomic mass is 15.3. The van der Waals surface area contributed by atoms with Gasteiger partial charge in [-0.2, -0.15) is 5.26 Å². The van der Waals surface area contributed by atoms with Crippen LogP contribution in [0.4, 0.5) is 0 Å². The summed E-state index contributed by atoms with van der Waals surface area (Å²) in [6.45, 7) is 6.57. The van der Waals surface area contributed by atoms with E-state index in [1.165, 1.54) is 0 Å². The van der Waals surface area contributed by atoms with E-state index in [9.17, 15) is 0 Å². The number of allylic oxidation sites excluding steroid dienone is 1. The Morgan fingerprint density at radius 2 is 2.00 bits per heavy atom. The molecule has 1 aliphatic heterocycles. The molecule has 0 bridgehead atoms. The van der Waals surface area contributed by atoms with Crippen molar-refractivity contribution in [2.45, 2.75) is 13.0 Å². The second kappa shape index (κ2) is 6.41. The van der Waals surface area contributed by atoms with E-state index >= 15 is 0 Å². The Kier molecular flexibility index (Phi) is 5.17. The van der Waals surface area contributed by atoms with Crippen LogP contribution in [0, 0.1) is 11.3 Å². The van der Waals surface area contributed by atoms with Crippen molar-refractivity contribution in [2.75, 3.05) is 40.3 Å². The van der Waals surface area contributed by atoms with E-state index in [0.717, 1.165) is 26.2 Å². The zero-order valence-electron chi connectivity index (χ0n) is 10.3. The molecule has 0 aromatic rings. The molecule has 0 radical (unpaired) electrons. The van der Waals surface area contributed by atoms with Gasteiger partial charge in [-0.3, -0.25) is 9.89 Å². The molecule has 0 saturated carbocycles. The van der Waals surface area contributed by atoms with Crippen LogP contribution < -0.4 is 0 Å². The average molecular weight is 220 g/mol. The molecule has 1 aliphatic rings. The van der Waals surface area contributed by atoms with Gasteiger partial charge in [0.25, 0.3) is 0 Å². The van der Waals surface area contributed by atoms with Crippen molar-refractivity contribution in [1.29, 1.82) is 5.26 Å². The molecular weight excluding hydrogens is 200 g/mol. The Morgan fingerprint density at radius 3 is 2.50 bits per heavy atom. The normalized spacial score (nSPS) is 22.2. The molecule has 1 atom stereocenters. The summed E-state index contributed by atoms with van der Waals surface area (Å²) in [5, 5.41) is 8.73. The first-order valence-corrected chi connectivity index (χ1v) is 5.65. The van der Waals surface area contributed by atoms with Gasteiger partial charge < -0.3 is 4.90 Å². The summed E-state index contributed by atoms with van der Waals surface area (Å²) in [5.41, 5.74) is 0.487. The predicted molar refractivity (Wildman–Crippen MR) is 66.6 cm³/mol. The van der Waals surface area contributed by atoms with Gasteiger partial charge in [0.15, 0.2) is 0 Å². The summed E-state index contributed by atoms with van der Waals surface area (Å²) < 4.78 is 0. The van der Waals surface area contributed by atoms with E-state index in [1.54, 1.807) is 7.05 Å². The lowest BCUT2D eigenvalue weighted by atomic mass is 10.2. The topological polar surface area (TPSA) is 42.6 Å². The van der Waals surface area contributed by atoms with E-state index in [1.807, 2.05) is 6.08 Å². The molecule has 4 nitrogen and oxygen atoms in total.